The topological polar surface area (TPSA) is 101 Å². The Kier molecular flexibility index (Phi) is 4.59. The number of nitrogen functional groups attached to an aromatic ring is 1. The molecule has 0 saturated carbocycles. The molecule has 2 aromatic rings. The van der Waals surface area contributed by atoms with Crippen LogP contribution in [0.4, 0.5) is 15.9 Å². The molecule has 0 aliphatic heterocycles. The van der Waals surface area contributed by atoms with Crippen LogP contribution in [0.5, 0.6) is 0 Å². The van der Waals surface area contributed by atoms with Gasteiger partial charge in [-0.05, 0) is 31.2 Å². The van der Waals surface area contributed by atoms with Crippen LogP contribution < -0.4 is 16.6 Å². The molecule has 1 atom stereocenters. The van der Waals surface area contributed by atoms with E-state index in [0.29, 0.717) is 5.69 Å². The van der Waals surface area contributed by atoms with Crippen molar-refractivity contribution in [3.8, 4) is 0 Å². The first-order valence-electron chi connectivity index (χ1n) is 6.04. The van der Waals surface area contributed by atoms with Crippen molar-refractivity contribution in [3.63, 3.8) is 0 Å². The number of hydrogen-bond donors (Lipinski definition) is 3. The van der Waals surface area contributed by atoms with Crippen LogP contribution in [-0.4, -0.2) is 21.1 Å². The van der Waals surface area contributed by atoms with Crippen molar-refractivity contribution in [2.75, 3.05) is 11.1 Å². The van der Waals surface area contributed by atoms with Gasteiger partial charge in [0.15, 0.2) is 5.16 Å². The summed E-state index contributed by atoms with van der Waals surface area (Å²) in [7, 11) is 0. The minimum atomic E-state index is -0.514. The fourth-order valence-electron chi connectivity index (χ4n) is 1.51. The molecule has 2 rings (SSSR count). The molecule has 0 spiro atoms. The lowest BCUT2D eigenvalue weighted by atomic mass is 10.3. The van der Waals surface area contributed by atoms with E-state index < -0.39 is 5.25 Å². The van der Waals surface area contributed by atoms with Gasteiger partial charge in [0.1, 0.15) is 11.6 Å². The van der Waals surface area contributed by atoms with E-state index in [1.54, 1.807) is 6.92 Å². The minimum Gasteiger partial charge on any atom is -0.383 e. The highest BCUT2D eigenvalue weighted by Gasteiger charge is 2.16. The molecular formula is C13H13FN4O2S. The fourth-order valence-corrected chi connectivity index (χ4v) is 2.33. The number of rotatable bonds is 4. The number of nitrogens with zero attached hydrogens (tertiary/aromatic N) is 1. The zero-order chi connectivity index (χ0) is 15.4. The van der Waals surface area contributed by atoms with Gasteiger partial charge in [-0.15, -0.1) is 0 Å². The van der Waals surface area contributed by atoms with Gasteiger partial charge in [0.05, 0.1) is 5.25 Å². The average Bonchev–Trinajstić information content (AvgIpc) is 2.40. The Hall–Kier alpha value is -2.35. The summed E-state index contributed by atoms with van der Waals surface area (Å²) >= 11 is 1.07. The van der Waals surface area contributed by atoms with E-state index in [4.69, 9.17) is 5.73 Å². The van der Waals surface area contributed by atoms with Crippen LogP contribution in [0.3, 0.4) is 0 Å². The number of anilines is 2. The predicted molar refractivity (Wildman–Crippen MR) is 79.6 cm³/mol. The van der Waals surface area contributed by atoms with Crippen molar-refractivity contribution >= 4 is 29.2 Å². The molecule has 8 heteroatoms. The number of nitrogens with one attached hydrogen (secondary N) is 2. The smallest absolute Gasteiger partial charge is 0.253 e. The molecule has 1 aromatic carbocycles. The van der Waals surface area contributed by atoms with Gasteiger partial charge in [-0.2, -0.15) is 0 Å². The van der Waals surface area contributed by atoms with Crippen molar-refractivity contribution in [1.29, 1.82) is 0 Å². The summed E-state index contributed by atoms with van der Waals surface area (Å²) < 4.78 is 12.8. The van der Waals surface area contributed by atoms with Gasteiger partial charge in [0.25, 0.3) is 5.56 Å². The number of H-pyrrole nitrogens is 1. The number of halogens is 1. The first-order valence-corrected chi connectivity index (χ1v) is 6.92. The average molecular weight is 308 g/mol. The maximum atomic E-state index is 12.8. The van der Waals surface area contributed by atoms with E-state index in [1.165, 1.54) is 24.3 Å². The number of aromatic nitrogens is 2. The number of aromatic amines is 1. The van der Waals surface area contributed by atoms with Gasteiger partial charge in [-0.25, -0.2) is 9.37 Å². The zero-order valence-electron chi connectivity index (χ0n) is 11.1. The highest BCUT2D eigenvalue weighted by Crippen LogP contribution is 2.20. The summed E-state index contributed by atoms with van der Waals surface area (Å²) in [6.45, 7) is 1.66. The number of carbonyl (C=O) groups excluding carboxylic acids is 1. The molecule has 0 aliphatic rings. The van der Waals surface area contributed by atoms with E-state index in [0.717, 1.165) is 17.8 Å². The molecule has 1 aromatic heterocycles. The van der Waals surface area contributed by atoms with E-state index in [-0.39, 0.29) is 28.3 Å². The van der Waals surface area contributed by atoms with Gasteiger partial charge in [0, 0.05) is 11.8 Å². The van der Waals surface area contributed by atoms with Gasteiger partial charge in [-0.1, -0.05) is 11.8 Å². The molecule has 0 unspecified atom stereocenters. The van der Waals surface area contributed by atoms with Crippen LogP contribution in [-0.2, 0) is 4.79 Å². The summed E-state index contributed by atoms with van der Waals surface area (Å²) in [4.78, 5) is 29.7. The molecule has 0 aliphatic carbocycles. The maximum Gasteiger partial charge on any atom is 0.253 e. The highest BCUT2D eigenvalue weighted by atomic mass is 32.2. The van der Waals surface area contributed by atoms with Gasteiger partial charge < -0.3 is 16.0 Å². The molecule has 1 amide bonds. The second-order valence-corrected chi connectivity index (χ2v) is 5.56. The van der Waals surface area contributed by atoms with Crippen LogP contribution >= 0.6 is 11.8 Å². The molecule has 0 radical (unpaired) electrons. The van der Waals surface area contributed by atoms with Crippen LogP contribution in [0.2, 0.25) is 0 Å². The SMILES string of the molecule is C[C@H](Sc1nc(N)cc(=O)[nH]1)C(=O)Nc1ccc(F)cc1. The molecule has 1 heterocycles. The number of thioether (sulfide) groups is 1. The van der Waals surface area contributed by atoms with Crippen molar-refractivity contribution in [2.45, 2.75) is 17.3 Å². The monoisotopic (exact) mass is 308 g/mol. The minimum absolute atomic E-state index is 0.0902. The lowest BCUT2D eigenvalue weighted by Crippen LogP contribution is -2.23. The zero-order valence-corrected chi connectivity index (χ0v) is 11.9. The fraction of sp³-hybridized carbons (Fsp3) is 0.154. The molecule has 21 heavy (non-hydrogen) atoms. The largest absolute Gasteiger partial charge is 0.383 e. The second-order valence-electron chi connectivity index (χ2n) is 4.23. The Balaban J connectivity index is 2.02. The summed E-state index contributed by atoms with van der Waals surface area (Å²) in [6, 6.07) is 6.60. The predicted octanol–water partition coefficient (Wildman–Crippen LogP) is 1.61. The lowest BCUT2D eigenvalue weighted by Gasteiger charge is -2.11. The second kappa shape index (κ2) is 6.40. The molecule has 4 N–H and O–H groups in total. The number of amides is 1. The normalized spacial score (nSPS) is 11.9. The van der Waals surface area contributed by atoms with Gasteiger partial charge >= 0.3 is 0 Å². The van der Waals surface area contributed by atoms with Crippen LogP contribution in [0.1, 0.15) is 6.92 Å². The standard InChI is InChI=1S/C13H13FN4O2S/c1-7(21-13-17-10(15)6-11(19)18-13)12(20)16-9-4-2-8(14)3-5-9/h2-7H,1H3,(H,16,20)(H3,15,17,18,19)/t7-/m0/s1. The first-order chi connectivity index (χ1) is 9.94. The number of carbonyl (C=O) groups is 1. The summed E-state index contributed by atoms with van der Waals surface area (Å²) in [5.41, 5.74) is 5.58. The summed E-state index contributed by atoms with van der Waals surface area (Å²) in [5, 5.41) is 2.39. The Morgan fingerprint density at radius 1 is 1.43 bits per heavy atom. The van der Waals surface area contributed by atoms with Crippen molar-refractivity contribution in [3.05, 3.63) is 46.5 Å². The van der Waals surface area contributed by atoms with E-state index in [1.807, 2.05) is 0 Å². The third-order valence-corrected chi connectivity index (χ3v) is 3.49. The Morgan fingerprint density at radius 3 is 2.71 bits per heavy atom. The maximum absolute atomic E-state index is 12.8. The molecule has 0 saturated heterocycles. The van der Waals surface area contributed by atoms with Crippen LogP contribution in [0, 0.1) is 5.82 Å². The van der Waals surface area contributed by atoms with Crippen LogP contribution in [0.15, 0.2) is 40.3 Å². The third-order valence-electron chi connectivity index (χ3n) is 2.51. The number of nitrogens with two attached hydrogens (primary N) is 1. The Bertz CT molecular complexity index is 702. The van der Waals surface area contributed by atoms with E-state index in [9.17, 15) is 14.0 Å². The number of hydrogen-bond acceptors (Lipinski definition) is 5. The summed E-state index contributed by atoms with van der Waals surface area (Å²) in [5.74, 6) is -0.582. The Labute approximate surface area is 124 Å². The Morgan fingerprint density at radius 2 is 2.10 bits per heavy atom. The molecule has 0 fully saturated rings. The van der Waals surface area contributed by atoms with E-state index >= 15 is 0 Å². The summed E-state index contributed by atoms with van der Waals surface area (Å²) in [6.07, 6.45) is 0. The third kappa shape index (κ3) is 4.32. The van der Waals surface area contributed by atoms with Crippen molar-refractivity contribution < 1.29 is 9.18 Å². The molecule has 0 bridgehead atoms. The molecular weight excluding hydrogens is 295 g/mol. The quantitative estimate of drug-likeness (QED) is 0.588. The molecule has 6 nitrogen and oxygen atoms in total. The highest BCUT2D eigenvalue weighted by molar-refractivity contribution is 8.00. The first kappa shape index (κ1) is 15.0. The van der Waals surface area contributed by atoms with Crippen molar-refractivity contribution in [1.82, 2.24) is 9.97 Å². The van der Waals surface area contributed by atoms with Gasteiger partial charge in [0.2, 0.25) is 5.91 Å². The number of benzene rings is 1. The van der Waals surface area contributed by atoms with Crippen molar-refractivity contribution in [2.24, 2.45) is 0 Å². The van der Waals surface area contributed by atoms with E-state index in [2.05, 4.69) is 15.3 Å². The molecule has 110 valence electrons. The lowest BCUT2D eigenvalue weighted by molar-refractivity contribution is -0.115. The van der Waals surface area contributed by atoms with Gasteiger partial charge in [-0.3, -0.25) is 9.59 Å². The van der Waals surface area contributed by atoms with Crippen LogP contribution in [0.25, 0.3) is 0 Å².